The second kappa shape index (κ2) is 4.54. The SMILES string of the molecule is [2H]CC([2H])C([2H])C([2H])CC1COC(=S)O1. The molecule has 0 aromatic heterocycles. The minimum atomic E-state index is -0.875. The summed E-state index contributed by atoms with van der Waals surface area (Å²) in [7, 11) is 0. The smallest absolute Gasteiger partial charge is 0.352 e. The molecule has 4 atom stereocenters. The van der Waals surface area contributed by atoms with E-state index >= 15 is 0 Å². The summed E-state index contributed by atoms with van der Waals surface area (Å²) in [5.74, 6) is 0. The Kier molecular flexibility index (Phi) is 1.92. The molecule has 2 nitrogen and oxygen atoms in total. The van der Waals surface area contributed by atoms with Crippen LogP contribution >= 0.6 is 12.2 Å². The summed E-state index contributed by atoms with van der Waals surface area (Å²) in [4.78, 5) is 0. The van der Waals surface area contributed by atoms with Gasteiger partial charge < -0.3 is 9.47 Å². The van der Waals surface area contributed by atoms with Gasteiger partial charge in [0.2, 0.25) is 0 Å². The van der Waals surface area contributed by atoms with Gasteiger partial charge in [0.15, 0.2) is 0 Å². The van der Waals surface area contributed by atoms with Crippen LogP contribution in [0.4, 0.5) is 0 Å². The van der Waals surface area contributed by atoms with Gasteiger partial charge in [-0.25, -0.2) is 0 Å². The molecule has 0 saturated carbocycles. The highest BCUT2D eigenvalue weighted by Gasteiger charge is 2.20. The van der Waals surface area contributed by atoms with Crippen molar-refractivity contribution >= 4 is 17.5 Å². The molecule has 64 valence electrons. The summed E-state index contributed by atoms with van der Waals surface area (Å²) in [6.45, 7) is 0.175. The Hall–Kier alpha value is -0.310. The van der Waals surface area contributed by atoms with Crippen LogP contribution in [0.3, 0.4) is 0 Å². The largest absolute Gasteiger partial charge is 0.453 e. The van der Waals surface area contributed by atoms with Crippen LogP contribution in [0.25, 0.3) is 0 Å². The third kappa shape index (κ3) is 3.06. The fraction of sp³-hybridized carbons (Fsp3) is 0.875. The average Bonchev–Trinajstić information content (AvgIpc) is 2.61. The summed E-state index contributed by atoms with van der Waals surface area (Å²) in [6.07, 6.45) is -2.39. The van der Waals surface area contributed by atoms with Gasteiger partial charge in [0.05, 0.1) is 0 Å². The summed E-state index contributed by atoms with van der Waals surface area (Å²) in [6, 6.07) is 0. The van der Waals surface area contributed by atoms with Gasteiger partial charge in [0, 0.05) is 17.7 Å². The van der Waals surface area contributed by atoms with Crippen molar-refractivity contribution in [2.24, 2.45) is 0 Å². The Morgan fingerprint density at radius 3 is 3.36 bits per heavy atom. The van der Waals surface area contributed by atoms with Crippen LogP contribution in [0.5, 0.6) is 0 Å². The van der Waals surface area contributed by atoms with Gasteiger partial charge in [-0.05, 0) is 12.8 Å². The molecule has 1 aliphatic heterocycles. The molecular weight excluding hydrogens is 160 g/mol. The maximum Gasteiger partial charge on any atom is 0.352 e. The van der Waals surface area contributed by atoms with E-state index in [0.717, 1.165) is 0 Å². The van der Waals surface area contributed by atoms with Crippen LogP contribution in [0.1, 0.15) is 38.0 Å². The Morgan fingerprint density at radius 1 is 1.82 bits per heavy atom. The van der Waals surface area contributed by atoms with E-state index in [4.69, 9.17) is 15.0 Å². The molecule has 0 aromatic rings. The van der Waals surface area contributed by atoms with Gasteiger partial charge in [-0.1, -0.05) is 19.7 Å². The Bertz CT molecular complexity index is 229. The summed E-state index contributed by atoms with van der Waals surface area (Å²) < 4.78 is 39.6. The lowest BCUT2D eigenvalue weighted by Gasteiger charge is -2.04. The Morgan fingerprint density at radius 2 is 2.73 bits per heavy atom. The van der Waals surface area contributed by atoms with E-state index in [1.165, 1.54) is 0 Å². The predicted molar refractivity (Wildman–Crippen MR) is 47.6 cm³/mol. The zero-order chi connectivity index (χ0) is 11.4. The zero-order valence-electron chi connectivity index (χ0n) is 10.2. The van der Waals surface area contributed by atoms with Crippen molar-refractivity contribution in [3.63, 3.8) is 0 Å². The van der Waals surface area contributed by atoms with Gasteiger partial charge in [-0.3, -0.25) is 0 Å². The maximum atomic E-state index is 7.67. The molecule has 0 aliphatic carbocycles. The normalized spacial score (nSPS) is 36.7. The topological polar surface area (TPSA) is 18.5 Å². The average molecular weight is 178 g/mol. The first kappa shape index (κ1) is 4.65. The molecule has 1 rings (SSSR count). The van der Waals surface area contributed by atoms with Crippen LogP contribution in [0.15, 0.2) is 0 Å². The molecule has 0 bridgehead atoms. The van der Waals surface area contributed by atoms with Crippen molar-refractivity contribution in [1.82, 2.24) is 0 Å². The second-order valence-electron chi connectivity index (χ2n) is 2.20. The van der Waals surface area contributed by atoms with E-state index in [9.17, 15) is 0 Å². The minimum absolute atomic E-state index is 0.0941. The van der Waals surface area contributed by atoms with Crippen molar-refractivity contribution < 1.29 is 15.0 Å². The lowest BCUT2D eigenvalue weighted by Crippen LogP contribution is -2.08. The van der Waals surface area contributed by atoms with Gasteiger partial charge in [0.25, 0.3) is 0 Å². The van der Waals surface area contributed by atoms with E-state index in [2.05, 4.69) is 12.2 Å². The first-order valence-corrected chi connectivity index (χ1v) is 3.84. The van der Waals surface area contributed by atoms with Crippen molar-refractivity contribution in [1.29, 1.82) is 0 Å². The molecule has 0 N–H and O–H groups in total. The highest BCUT2D eigenvalue weighted by molar-refractivity contribution is 7.79. The fourth-order valence-corrected chi connectivity index (χ4v) is 1.01. The molecule has 3 heteroatoms. The molecule has 0 radical (unpaired) electrons. The third-order valence-electron chi connectivity index (χ3n) is 1.32. The lowest BCUT2D eigenvalue weighted by molar-refractivity contribution is 0.213. The van der Waals surface area contributed by atoms with Crippen molar-refractivity contribution in [3.8, 4) is 0 Å². The zero-order valence-corrected chi connectivity index (χ0v) is 6.97. The number of ether oxygens (including phenoxy) is 2. The molecule has 1 aliphatic rings. The van der Waals surface area contributed by atoms with Crippen molar-refractivity contribution in [2.45, 2.75) is 38.6 Å². The molecule has 1 heterocycles. The standard InChI is InChI=1S/C8H14O2S/c1-2-3-4-5-7-6-9-8(11)10-7/h7H,2-6H2,1H3/i1D,2D,3D,4D. The van der Waals surface area contributed by atoms with Crippen LogP contribution < -0.4 is 0 Å². The molecule has 11 heavy (non-hydrogen) atoms. The predicted octanol–water partition coefficient (Wildman–Crippen LogP) is 2.27. The summed E-state index contributed by atoms with van der Waals surface area (Å²) in [5.41, 5.74) is 0. The quantitative estimate of drug-likeness (QED) is 0.615. The number of thiocarbonyl (C=S) groups is 1. The molecule has 0 amide bonds. The van der Waals surface area contributed by atoms with Crippen LogP contribution in [0, 0.1) is 0 Å². The van der Waals surface area contributed by atoms with E-state index in [0.29, 0.717) is 13.0 Å². The Balaban J connectivity index is 2.34. The molecule has 4 unspecified atom stereocenters. The van der Waals surface area contributed by atoms with Gasteiger partial charge in [0.1, 0.15) is 12.7 Å². The third-order valence-corrected chi connectivity index (χ3v) is 1.54. The highest BCUT2D eigenvalue weighted by Crippen LogP contribution is 2.13. The Labute approximate surface area is 78.5 Å². The van der Waals surface area contributed by atoms with Gasteiger partial charge in [-0.15, -0.1) is 0 Å². The summed E-state index contributed by atoms with van der Waals surface area (Å²) >= 11 is 4.67. The van der Waals surface area contributed by atoms with E-state index in [1.807, 2.05) is 0 Å². The van der Waals surface area contributed by atoms with Crippen LogP contribution in [-0.4, -0.2) is 17.9 Å². The molecular formula is C8H14O2S. The first-order valence-electron chi connectivity index (χ1n) is 5.88. The monoisotopic (exact) mass is 178 g/mol. The lowest BCUT2D eigenvalue weighted by atomic mass is 10.1. The van der Waals surface area contributed by atoms with E-state index in [1.54, 1.807) is 0 Å². The molecule has 0 spiro atoms. The van der Waals surface area contributed by atoms with Crippen molar-refractivity contribution in [3.05, 3.63) is 0 Å². The highest BCUT2D eigenvalue weighted by atomic mass is 32.1. The van der Waals surface area contributed by atoms with Crippen molar-refractivity contribution in [2.75, 3.05) is 6.61 Å². The first-order chi connectivity index (χ1) is 7.04. The number of hydrogen-bond acceptors (Lipinski definition) is 3. The maximum absolute atomic E-state index is 7.67. The molecule has 0 aromatic carbocycles. The minimum Gasteiger partial charge on any atom is -0.453 e. The number of hydrogen-bond donors (Lipinski definition) is 0. The molecule has 1 fully saturated rings. The summed E-state index contributed by atoms with van der Waals surface area (Å²) in [5, 5.41) is 0.0941. The second-order valence-corrected chi connectivity index (χ2v) is 2.53. The van der Waals surface area contributed by atoms with Crippen LogP contribution in [0.2, 0.25) is 0 Å². The fourth-order valence-electron chi connectivity index (χ4n) is 0.808. The molecule has 1 saturated heterocycles. The van der Waals surface area contributed by atoms with Gasteiger partial charge >= 0.3 is 5.24 Å². The van der Waals surface area contributed by atoms with E-state index in [-0.39, 0.29) is 18.2 Å². The van der Waals surface area contributed by atoms with Crippen LogP contribution in [-0.2, 0) is 9.47 Å². The van der Waals surface area contributed by atoms with E-state index < -0.39 is 19.2 Å². The van der Waals surface area contributed by atoms with Gasteiger partial charge in [-0.2, -0.15) is 0 Å². The number of rotatable bonds is 4.